The third-order valence-electron chi connectivity index (χ3n) is 3.23. The minimum Gasteiger partial charge on any atom is -0.384 e. The molecule has 6 heteroatoms. The number of nitrogens with one attached hydrogen (secondary N) is 2. The molecule has 2 aromatic rings. The fraction of sp³-hybridized carbons (Fsp3) is 0.294. The maximum Gasteiger partial charge on any atom is 0.274 e. The standard InChI is InChI=1S/C17H19F2N3O/c1-11(2)7-8-20-13-4-6-16(21-10-13)17(23)22-15-5-3-12(18)9-14(15)19/h3-6,9-11,20H,7-8H2,1-2H3,(H,22,23). The van der Waals surface area contributed by atoms with Crippen molar-refractivity contribution in [3.05, 3.63) is 53.9 Å². The molecule has 0 aliphatic rings. The molecule has 23 heavy (non-hydrogen) atoms. The lowest BCUT2D eigenvalue weighted by Crippen LogP contribution is -2.15. The number of aromatic nitrogens is 1. The Bertz CT molecular complexity index is 672. The molecule has 2 N–H and O–H groups in total. The van der Waals surface area contributed by atoms with Crippen molar-refractivity contribution >= 4 is 17.3 Å². The van der Waals surface area contributed by atoms with Gasteiger partial charge in [0.2, 0.25) is 0 Å². The molecule has 4 nitrogen and oxygen atoms in total. The quantitative estimate of drug-likeness (QED) is 0.844. The van der Waals surface area contributed by atoms with Crippen molar-refractivity contribution in [2.45, 2.75) is 20.3 Å². The smallest absolute Gasteiger partial charge is 0.274 e. The van der Waals surface area contributed by atoms with E-state index in [1.165, 1.54) is 6.07 Å². The van der Waals surface area contributed by atoms with Gasteiger partial charge in [0.25, 0.3) is 5.91 Å². The van der Waals surface area contributed by atoms with Gasteiger partial charge in [-0.3, -0.25) is 4.79 Å². The highest BCUT2D eigenvalue weighted by molar-refractivity contribution is 6.03. The fourth-order valence-corrected chi connectivity index (χ4v) is 1.92. The number of nitrogens with zero attached hydrogens (tertiary/aromatic N) is 1. The zero-order valence-corrected chi connectivity index (χ0v) is 13.1. The normalized spacial score (nSPS) is 10.7. The predicted molar refractivity (Wildman–Crippen MR) is 86.5 cm³/mol. The predicted octanol–water partition coefficient (Wildman–Crippen LogP) is 4.07. The minimum atomic E-state index is -0.828. The van der Waals surface area contributed by atoms with Gasteiger partial charge in [0.15, 0.2) is 0 Å². The van der Waals surface area contributed by atoms with E-state index in [2.05, 4.69) is 29.5 Å². The summed E-state index contributed by atoms with van der Waals surface area (Å²) in [4.78, 5) is 16.1. The van der Waals surface area contributed by atoms with E-state index in [1.54, 1.807) is 18.3 Å². The van der Waals surface area contributed by atoms with Crippen molar-refractivity contribution in [3.63, 3.8) is 0 Å². The second-order valence-corrected chi connectivity index (χ2v) is 5.62. The molecular weight excluding hydrogens is 300 g/mol. The Kier molecular flexibility index (Phi) is 5.62. The molecule has 0 bridgehead atoms. The second-order valence-electron chi connectivity index (χ2n) is 5.62. The number of amides is 1. The van der Waals surface area contributed by atoms with Crippen LogP contribution in [-0.2, 0) is 0 Å². The molecule has 1 aromatic heterocycles. The molecule has 122 valence electrons. The van der Waals surface area contributed by atoms with Gasteiger partial charge in [-0.15, -0.1) is 0 Å². The SMILES string of the molecule is CC(C)CCNc1ccc(C(=O)Nc2ccc(F)cc2F)nc1. The highest BCUT2D eigenvalue weighted by atomic mass is 19.1. The molecule has 0 spiro atoms. The van der Waals surface area contributed by atoms with Crippen LogP contribution in [0.1, 0.15) is 30.8 Å². The molecular formula is C17H19F2N3O. The first-order chi connectivity index (χ1) is 11.0. The van der Waals surface area contributed by atoms with Crippen molar-refractivity contribution in [1.82, 2.24) is 4.98 Å². The lowest BCUT2D eigenvalue weighted by atomic mass is 10.1. The first-order valence-electron chi connectivity index (χ1n) is 7.42. The van der Waals surface area contributed by atoms with Crippen molar-refractivity contribution in [2.75, 3.05) is 17.2 Å². The summed E-state index contributed by atoms with van der Waals surface area (Å²) in [5.41, 5.74) is 0.885. The molecule has 0 aliphatic heterocycles. The maximum absolute atomic E-state index is 13.5. The number of pyridine rings is 1. The van der Waals surface area contributed by atoms with Gasteiger partial charge in [-0.05, 0) is 36.6 Å². The summed E-state index contributed by atoms with van der Waals surface area (Å²) in [7, 11) is 0. The van der Waals surface area contributed by atoms with E-state index in [-0.39, 0.29) is 11.4 Å². The zero-order valence-electron chi connectivity index (χ0n) is 13.1. The molecule has 0 atom stereocenters. The third kappa shape index (κ3) is 5.02. The molecule has 0 saturated heterocycles. The Hall–Kier alpha value is -2.50. The van der Waals surface area contributed by atoms with Crippen LogP contribution in [0.15, 0.2) is 36.5 Å². The average molecular weight is 319 g/mol. The summed E-state index contributed by atoms with van der Waals surface area (Å²) in [6.45, 7) is 5.11. The average Bonchev–Trinajstić information content (AvgIpc) is 2.50. The number of rotatable bonds is 6. The Labute approximate surface area is 133 Å². The topological polar surface area (TPSA) is 54.0 Å². The molecule has 2 rings (SSSR count). The van der Waals surface area contributed by atoms with Gasteiger partial charge in [-0.25, -0.2) is 13.8 Å². The van der Waals surface area contributed by atoms with E-state index in [4.69, 9.17) is 0 Å². The first-order valence-corrected chi connectivity index (χ1v) is 7.42. The van der Waals surface area contributed by atoms with Gasteiger partial charge in [0, 0.05) is 12.6 Å². The van der Waals surface area contributed by atoms with Crippen LogP contribution in [0.2, 0.25) is 0 Å². The zero-order chi connectivity index (χ0) is 16.8. The van der Waals surface area contributed by atoms with Crippen LogP contribution in [0.4, 0.5) is 20.2 Å². The van der Waals surface area contributed by atoms with E-state index < -0.39 is 17.5 Å². The molecule has 0 unspecified atom stereocenters. The van der Waals surface area contributed by atoms with Crippen LogP contribution in [0.5, 0.6) is 0 Å². The Morgan fingerprint density at radius 2 is 2.00 bits per heavy atom. The van der Waals surface area contributed by atoms with Crippen molar-refractivity contribution < 1.29 is 13.6 Å². The molecule has 0 aliphatic carbocycles. The van der Waals surface area contributed by atoms with Gasteiger partial charge in [-0.1, -0.05) is 13.8 Å². The summed E-state index contributed by atoms with van der Waals surface area (Å²) in [5, 5.41) is 5.58. The minimum absolute atomic E-state index is 0.0858. The number of benzene rings is 1. The van der Waals surface area contributed by atoms with Gasteiger partial charge in [0.05, 0.1) is 17.6 Å². The van der Waals surface area contributed by atoms with Gasteiger partial charge in [0.1, 0.15) is 17.3 Å². The van der Waals surface area contributed by atoms with E-state index in [0.717, 1.165) is 24.7 Å². The van der Waals surface area contributed by atoms with Crippen molar-refractivity contribution in [1.29, 1.82) is 0 Å². The summed E-state index contributed by atoms with van der Waals surface area (Å²) in [6.07, 6.45) is 2.59. The monoisotopic (exact) mass is 319 g/mol. The molecule has 0 fully saturated rings. The Morgan fingerprint density at radius 3 is 2.61 bits per heavy atom. The van der Waals surface area contributed by atoms with E-state index in [0.29, 0.717) is 12.0 Å². The Balaban J connectivity index is 1.97. The van der Waals surface area contributed by atoms with Crippen LogP contribution >= 0.6 is 0 Å². The number of carbonyl (C=O) groups excluding carboxylic acids is 1. The number of hydrogen-bond donors (Lipinski definition) is 2. The van der Waals surface area contributed by atoms with Gasteiger partial charge >= 0.3 is 0 Å². The number of hydrogen-bond acceptors (Lipinski definition) is 3. The van der Waals surface area contributed by atoms with Crippen LogP contribution in [-0.4, -0.2) is 17.4 Å². The lowest BCUT2D eigenvalue weighted by molar-refractivity contribution is 0.102. The molecule has 1 amide bonds. The molecule has 0 saturated carbocycles. The summed E-state index contributed by atoms with van der Waals surface area (Å²) >= 11 is 0. The summed E-state index contributed by atoms with van der Waals surface area (Å²) in [5.74, 6) is -1.48. The van der Waals surface area contributed by atoms with Crippen molar-refractivity contribution in [2.24, 2.45) is 5.92 Å². The number of carbonyl (C=O) groups is 1. The van der Waals surface area contributed by atoms with E-state index >= 15 is 0 Å². The molecule has 0 radical (unpaired) electrons. The maximum atomic E-state index is 13.5. The van der Waals surface area contributed by atoms with Crippen molar-refractivity contribution in [3.8, 4) is 0 Å². The molecule has 1 aromatic carbocycles. The number of halogens is 2. The summed E-state index contributed by atoms with van der Waals surface area (Å²) in [6, 6.07) is 6.25. The fourth-order valence-electron chi connectivity index (χ4n) is 1.92. The number of anilines is 2. The summed E-state index contributed by atoms with van der Waals surface area (Å²) < 4.78 is 26.3. The van der Waals surface area contributed by atoms with E-state index in [1.807, 2.05) is 0 Å². The second kappa shape index (κ2) is 7.67. The Morgan fingerprint density at radius 1 is 1.22 bits per heavy atom. The van der Waals surface area contributed by atoms with Crippen LogP contribution in [0.3, 0.4) is 0 Å². The highest BCUT2D eigenvalue weighted by Gasteiger charge is 2.11. The van der Waals surface area contributed by atoms with Crippen LogP contribution < -0.4 is 10.6 Å². The first kappa shape index (κ1) is 16.9. The van der Waals surface area contributed by atoms with Crippen LogP contribution in [0.25, 0.3) is 0 Å². The van der Waals surface area contributed by atoms with Crippen LogP contribution in [0, 0.1) is 17.6 Å². The van der Waals surface area contributed by atoms with Gasteiger partial charge < -0.3 is 10.6 Å². The van der Waals surface area contributed by atoms with E-state index in [9.17, 15) is 13.6 Å². The third-order valence-corrected chi connectivity index (χ3v) is 3.23. The lowest BCUT2D eigenvalue weighted by Gasteiger charge is -2.09. The largest absolute Gasteiger partial charge is 0.384 e. The van der Waals surface area contributed by atoms with Gasteiger partial charge in [-0.2, -0.15) is 0 Å². The molecule has 1 heterocycles. The highest BCUT2D eigenvalue weighted by Crippen LogP contribution is 2.16.